The molecule has 0 saturated carbocycles. The van der Waals surface area contributed by atoms with Gasteiger partial charge in [-0.2, -0.15) is 4.98 Å². The summed E-state index contributed by atoms with van der Waals surface area (Å²) in [6.45, 7) is 0. The van der Waals surface area contributed by atoms with E-state index in [0.717, 1.165) is 5.56 Å². The van der Waals surface area contributed by atoms with E-state index in [1.165, 1.54) is 6.20 Å². The number of anilines is 1. The lowest BCUT2D eigenvalue weighted by atomic mass is 10.2. The Labute approximate surface area is 114 Å². The standard InChI is InChI=1S/C13H9ClN4O/c14-9-4-5-11(16-7-9)12-17-13(19-18-12)8-2-1-3-10(15)6-8/h1-7H,15H2. The topological polar surface area (TPSA) is 77.8 Å². The van der Waals surface area contributed by atoms with Gasteiger partial charge in [0.25, 0.3) is 5.89 Å². The highest BCUT2D eigenvalue weighted by atomic mass is 35.5. The second-order valence-corrected chi connectivity index (χ2v) is 4.35. The van der Waals surface area contributed by atoms with E-state index >= 15 is 0 Å². The van der Waals surface area contributed by atoms with Crippen LogP contribution in [0.3, 0.4) is 0 Å². The zero-order valence-electron chi connectivity index (χ0n) is 9.75. The molecule has 2 aromatic heterocycles. The molecule has 5 nitrogen and oxygen atoms in total. The van der Waals surface area contributed by atoms with Gasteiger partial charge >= 0.3 is 0 Å². The van der Waals surface area contributed by atoms with Crippen molar-refractivity contribution in [3.05, 3.63) is 47.6 Å². The first-order valence-corrected chi connectivity index (χ1v) is 5.92. The summed E-state index contributed by atoms with van der Waals surface area (Å²) in [7, 11) is 0. The third kappa shape index (κ3) is 2.41. The maximum atomic E-state index is 5.78. The molecule has 3 rings (SSSR count). The van der Waals surface area contributed by atoms with Crippen LogP contribution in [0, 0.1) is 0 Å². The number of nitrogens with two attached hydrogens (primary N) is 1. The molecule has 0 saturated heterocycles. The van der Waals surface area contributed by atoms with Crippen LogP contribution in [-0.4, -0.2) is 15.1 Å². The number of aromatic nitrogens is 3. The van der Waals surface area contributed by atoms with Crippen molar-refractivity contribution in [1.82, 2.24) is 15.1 Å². The number of benzene rings is 1. The molecular formula is C13H9ClN4O. The largest absolute Gasteiger partial charge is 0.399 e. The molecule has 0 fully saturated rings. The van der Waals surface area contributed by atoms with Gasteiger partial charge in [-0.15, -0.1) is 0 Å². The lowest BCUT2D eigenvalue weighted by Gasteiger charge is -1.95. The van der Waals surface area contributed by atoms with Crippen molar-refractivity contribution in [2.75, 3.05) is 5.73 Å². The maximum Gasteiger partial charge on any atom is 0.258 e. The van der Waals surface area contributed by atoms with Crippen LogP contribution in [0.1, 0.15) is 0 Å². The Morgan fingerprint density at radius 3 is 2.79 bits per heavy atom. The molecule has 2 heterocycles. The van der Waals surface area contributed by atoms with Gasteiger partial charge in [0.1, 0.15) is 5.69 Å². The van der Waals surface area contributed by atoms with E-state index in [1.54, 1.807) is 24.3 Å². The van der Waals surface area contributed by atoms with Crippen molar-refractivity contribution in [2.45, 2.75) is 0 Å². The number of halogens is 1. The average molecular weight is 273 g/mol. The second kappa shape index (κ2) is 4.70. The molecule has 0 unspecified atom stereocenters. The summed E-state index contributed by atoms with van der Waals surface area (Å²) >= 11 is 5.78. The van der Waals surface area contributed by atoms with Gasteiger partial charge in [-0.1, -0.05) is 22.8 Å². The van der Waals surface area contributed by atoms with Gasteiger partial charge in [0.2, 0.25) is 5.82 Å². The minimum Gasteiger partial charge on any atom is -0.399 e. The highest BCUT2D eigenvalue weighted by Crippen LogP contribution is 2.22. The molecule has 0 spiro atoms. The molecule has 3 aromatic rings. The molecule has 0 aliphatic rings. The molecule has 94 valence electrons. The van der Waals surface area contributed by atoms with E-state index in [2.05, 4.69) is 15.1 Å². The van der Waals surface area contributed by atoms with Crippen LogP contribution in [-0.2, 0) is 0 Å². The minimum absolute atomic E-state index is 0.402. The molecule has 0 aliphatic heterocycles. The molecule has 0 amide bonds. The van der Waals surface area contributed by atoms with Gasteiger partial charge < -0.3 is 10.3 Å². The van der Waals surface area contributed by atoms with Gasteiger partial charge in [0.15, 0.2) is 0 Å². The van der Waals surface area contributed by atoms with Crippen LogP contribution < -0.4 is 5.73 Å². The molecule has 2 N–H and O–H groups in total. The molecule has 19 heavy (non-hydrogen) atoms. The zero-order valence-corrected chi connectivity index (χ0v) is 10.5. The fraction of sp³-hybridized carbons (Fsp3) is 0. The fourth-order valence-electron chi connectivity index (χ4n) is 1.62. The maximum absolute atomic E-state index is 5.78. The molecule has 0 radical (unpaired) electrons. The molecule has 6 heteroatoms. The van der Waals surface area contributed by atoms with Crippen LogP contribution in [0.15, 0.2) is 47.1 Å². The quantitative estimate of drug-likeness (QED) is 0.726. The number of hydrogen-bond acceptors (Lipinski definition) is 5. The second-order valence-electron chi connectivity index (χ2n) is 3.91. The van der Waals surface area contributed by atoms with Crippen LogP contribution >= 0.6 is 11.6 Å². The summed E-state index contributed by atoms with van der Waals surface area (Å²) in [5.41, 5.74) is 7.73. The van der Waals surface area contributed by atoms with Gasteiger partial charge in [-0.25, -0.2) is 0 Å². The van der Waals surface area contributed by atoms with Gasteiger partial charge in [-0.05, 0) is 30.3 Å². The van der Waals surface area contributed by atoms with Crippen LogP contribution in [0.5, 0.6) is 0 Å². The highest BCUT2D eigenvalue weighted by Gasteiger charge is 2.11. The number of rotatable bonds is 2. The van der Waals surface area contributed by atoms with Crippen molar-refractivity contribution >= 4 is 17.3 Å². The Morgan fingerprint density at radius 1 is 1.16 bits per heavy atom. The van der Waals surface area contributed by atoms with Crippen molar-refractivity contribution in [3.8, 4) is 23.0 Å². The first-order chi connectivity index (χ1) is 9.22. The van der Waals surface area contributed by atoms with E-state index in [4.69, 9.17) is 21.9 Å². The third-order valence-corrected chi connectivity index (χ3v) is 2.74. The normalized spacial score (nSPS) is 10.6. The first-order valence-electron chi connectivity index (χ1n) is 5.54. The van der Waals surface area contributed by atoms with Crippen molar-refractivity contribution in [1.29, 1.82) is 0 Å². The lowest BCUT2D eigenvalue weighted by molar-refractivity contribution is 0.432. The summed E-state index contributed by atoms with van der Waals surface area (Å²) in [6, 6.07) is 10.7. The van der Waals surface area contributed by atoms with Crippen LogP contribution in [0.25, 0.3) is 23.0 Å². The van der Waals surface area contributed by atoms with Crippen LogP contribution in [0.4, 0.5) is 5.69 Å². The number of pyridine rings is 1. The van der Waals surface area contributed by atoms with E-state index in [-0.39, 0.29) is 0 Å². The van der Waals surface area contributed by atoms with Gasteiger partial charge in [0.05, 0.1) is 5.02 Å². The van der Waals surface area contributed by atoms with E-state index in [1.807, 2.05) is 12.1 Å². The highest BCUT2D eigenvalue weighted by molar-refractivity contribution is 6.30. The Hall–Kier alpha value is -2.40. The monoisotopic (exact) mass is 272 g/mol. The summed E-state index contributed by atoms with van der Waals surface area (Å²) in [6.07, 6.45) is 1.54. The number of nitrogen functional groups attached to an aromatic ring is 1. The third-order valence-electron chi connectivity index (χ3n) is 2.52. The lowest BCUT2D eigenvalue weighted by Crippen LogP contribution is -1.86. The van der Waals surface area contributed by atoms with Crippen molar-refractivity contribution in [2.24, 2.45) is 0 Å². The molecule has 0 bridgehead atoms. The van der Waals surface area contributed by atoms with E-state index in [9.17, 15) is 0 Å². The smallest absolute Gasteiger partial charge is 0.258 e. The summed E-state index contributed by atoms with van der Waals surface area (Å²) in [5.74, 6) is 0.813. The molecule has 1 aromatic carbocycles. The number of nitrogens with zero attached hydrogens (tertiary/aromatic N) is 3. The van der Waals surface area contributed by atoms with Gasteiger partial charge in [-0.3, -0.25) is 4.98 Å². The Morgan fingerprint density at radius 2 is 2.05 bits per heavy atom. The Kier molecular flexibility index (Phi) is 2.89. The Balaban J connectivity index is 1.97. The fourth-order valence-corrected chi connectivity index (χ4v) is 1.74. The first kappa shape index (κ1) is 11.7. The predicted molar refractivity (Wildman–Crippen MR) is 72.4 cm³/mol. The van der Waals surface area contributed by atoms with Gasteiger partial charge in [0, 0.05) is 17.4 Å². The SMILES string of the molecule is Nc1cccc(-c2nc(-c3ccc(Cl)cn3)no2)c1. The summed E-state index contributed by atoms with van der Waals surface area (Å²) < 4.78 is 5.20. The summed E-state index contributed by atoms with van der Waals surface area (Å²) in [4.78, 5) is 8.41. The minimum atomic E-state index is 0.402. The van der Waals surface area contributed by atoms with Crippen LogP contribution in [0.2, 0.25) is 5.02 Å². The zero-order chi connectivity index (χ0) is 13.2. The van der Waals surface area contributed by atoms with E-state index in [0.29, 0.717) is 28.1 Å². The Bertz CT molecular complexity index is 709. The molecule has 0 atom stereocenters. The molecular weight excluding hydrogens is 264 g/mol. The summed E-state index contributed by atoms with van der Waals surface area (Å²) in [5, 5.41) is 4.45. The average Bonchev–Trinajstić information content (AvgIpc) is 2.89. The number of hydrogen-bond donors (Lipinski definition) is 1. The molecule has 0 aliphatic carbocycles. The van der Waals surface area contributed by atoms with E-state index < -0.39 is 0 Å². The van der Waals surface area contributed by atoms with Crippen molar-refractivity contribution in [3.63, 3.8) is 0 Å². The predicted octanol–water partition coefficient (Wildman–Crippen LogP) is 3.03. The van der Waals surface area contributed by atoms with Crippen molar-refractivity contribution < 1.29 is 4.52 Å².